The number of benzene rings is 3. The lowest BCUT2D eigenvalue weighted by Gasteiger charge is -2.27. The van der Waals surface area contributed by atoms with Gasteiger partial charge in [-0.1, -0.05) is 67.8 Å². The average Bonchev–Trinajstić information content (AvgIpc) is 3.36. The number of rotatable bonds is 12. The Labute approximate surface area is 254 Å². The Morgan fingerprint density at radius 2 is 1.67 bits per heavy atom. The maximum absolute atomic E-state index is 14.0. The molecule has 1 aromatic heterocycles. The fourth-order valence-electron chi connectivity index (χ4n) is 5.81. The van der Waals surface area contributed by atoms with Gasteiger partial charge in [-0.05, 0) is 67.7 Å². The summed E-state index contributed by atoms with van der Waals surface area (Å²) in [5.41, 5.74) is 5.09. The second-order valence-electron chi connectivity index (χ2n) is 11.0. The van der Waals surface area contributed by atoms with Crippen LogP contribution in [-0.4, -0.2) is 59.1 Å². The topological polar surface area (TPSA) is 59.8 Å². The largest absolute Gasteiger partial charge is 0.493 e. The van der Waals surface area contributed by atoms with E-state index in [4.69, 9.17) is 26.1 Å². The number of imidazole rings is 1. The summed E-state index contributed by atoms with van der Waals surface area (Å²) < 4.78 is 13.1. The SMILES string of the molecule is CCCCN(Cc1nc2ccccc2n1Cc1ccccc1CN1CCCCC1)C(=O)c1cc(Cl)c(OC)c(OC)c1. The number of fused-ring (bicyclic) bond motifs is 1. The summed E-state index contributed by atoms with van der Waals surface area (Å²) in [6, 6.07) is 20.3. The number of likely N-dealkylation sites (tertiary alicyclic amines) is 1. The van der Waals surface area contributed by atoms with E-state index >= 15 is 0 Å². The van der Waals surface area contributed by atoms with Gasteiger partial charge in [-0.3, -0.25) is 9.69 Å². The second-order valence-corrected chi connectivity index (χ2v) is 11.4. The van der Waals surface area contributed by atoms with Crippen molar-refractivity contribution in [1.29, 1.82) is 0 Å². The standard InChI is InChI=1S/C34H41ClN4O3/c1-4-5-19-38(34(40)27-20-28(35)33(42-3)31(21-27)41-2)24-32-36-29-15-9-10-16-30(29)39(32)23-26-14-8-7-13-25(26)22-37-17-11-6-12-18-37/h7-10,13-16,20-21H,4-6,11-12,17-19,22-24H2,1-3H3. The molecule has 7 nitrogen and oxygen atoms in total. The molecule has 0 spiro atoms. The number of unbranched alkanes of at least 4 members (excludes halogenated alkanes) is 1. The van der Waals surface area contributed by atoms with Gasteiger partial charge < -0.3 is 18.9 Å². The molecular formula is C34H41ClN4O3. The minimum Gasteiger partial charge on any atom is -0.493 e. The van der Waals surface area contributed by atoms with Crippen LogP contribution in [0.2, 0.25) is 5.02 Å². The first-order valence-electron chi connectivity index (χ1n) is 15.0. The summed E-state index contributed by atoms with van der Waals surface area (Å²) in [5, 5.41) is 0.341. The molecule has 0 saturated carbocycles. The van der Waals surface area contributed by atoms with Crippen molar-refractivity contribution in [2.24, 2.45) is 0 Å². The summed E-state index contributed by atoms with van der Waals surface area (Å²) in [5.74, 6) is 1.59. The third-order valence-corrected chi connectivity index (χ3v) is 8.39. The summed E-state index contributed by atoms with van der Waals surface area (Å²) in [6.45, 7) is 7.08. The number of carbonyl (C=O) groups is 1. The van der Waals surface area contributed by atoms with E-state index in [2.05, 4.69) is 52.8 Å². The van der Waals surface area contributed by atoms with Gasteiger partial charge in [0, 0.05) is 25.2 Å². The Morgan fingerprint density at radius 3 is 2.38 bits per heavy atom. The fourth-order valence-corrected chi connectivity index (χ4v) is 6.10. The zero-order chi connectivity index (χ0) is 29.5. The van der Waals surface area contributed by atoms with Crippen LogP contribution in [0.3, 0.4) is 0 Å². The predicted molar refractivity (Wildman–Crippen MR) is 169 cm³/mol. The normalized spacial score (nSPS) is 13.8. The lowest BCUT2D eigenvalue weighted by Crippen LogP contribution is -2.33. The van der Waals surface area contributed by atoms with Gasteiger partial charge in [0.25, 0.3) is 5.91 Å². The maximum Gasteiger partial charge on any atom is 0.254 e. The van der Waals surface area contributed by atoms with Crippen LogP contribution in [0.5, 0.6) is 11.5 Å². The third kappa shape index (κ3) is 6.74. The number of piperidine rings is 1. The molecule has 1 amide bonds. The summed E-state index contributed by atoms with van der Waals surface area (Å²) >= 11 is 6.48. The first kappa shape index (κ1) is 29.9. The van der Waals surface area contributed by atoms with Crippen LogP contribution in [0, 0.1) is 0 Å². The van der Waals surface area contributed by atoms with Crippen molar-refractivity contribution in [2.75, 3.05) is 33.9 Å². The molecule has 0 aliphatic carbocycles. The molecule has 5 rings (SSSR count). The second kappa shape index (κ2) is 14.1. The maximum atomic E-state index is 14.0. The highest BCUT2D eigenvalue weighted by atomic mass is 35.5. The predicted octanol–water partition coefficient (Wildman–Crippen LogP) is 7.18. The van der Waals surface area contributed by atoms with Gasteiger partial charge in [-0.15, -0.1) is 0 Å². The molecule has 0 N–H and O–H groups in total. The van der Waals surface area contributed by atoms with E-state index in [0.717, 1.165) is 49.3 Å². The highest BCUT2D eigenvalue weighted by Crippen LogP contribution is 2.36. The van der Waals surface area contributed by atoms with Crippen molar-refractivity contribution in [2.45, 2.75) is 58.7 Å². The number of ether oxygens (including phenoxy) is 2. The van der Waals surface area contributed by atoms with E-state index in [1.165, 1.54) is 37.5 Å². The number of aromatic nitrogens is 2. The van der Waals surface area contributed by atoms with E-state index in [1.807, 2.05) is 17.0 Å². The van der Waals surface area contributed by atoms with Gasteiger partial charge in [0.05, 0.1) is 36.8 Å². The molecule has 0 atom stereocenters. The highest BCUT2D eigenvalue weighted by molar-refractivity contribution is 6.32. The Kier molecular flexibility index (Phi) is 10.0. The van der Waals surface area contributed by atoms with Gasteiger partial charge in [0.15, 0.2) is 11.5 Å². The third-order valence-electron chi connectivity index (χ3n) is 8.10. The van der Waals surface area contributed by atoms with Crippen LogP contribution in [0.1, 0.15) is 66.3 Å². The van der Waals surface area contributed by atoms with Gasteiger partial charge in [0.1, 0.15) is 5.82 Å². The molecule has 222 valence electrons. The van der Waals surface area contributed by atoms with Crippen molar-refractivity contribution < 1.29 is 14.3 Å². The van der Waals surface area contributed by atoms with Gasteiger partial charge in [-0.25, -0.2) is 4.98 Å². The zero-order valence-corrected chi connectivity index (χ0v) is 25.7. The Hall–Kier alpha value is -3.55. The highest BCUT2D eigenvalue weighted by Gasteiger charge is 2.23. The van der Waals surface area contributed by atoms with Crippen molar-refractivity contribution in [3.63, 3.8) is 0 Å². The monoisotopic (exact) mass is 588 g/mol. The molecule has 8 heteroatoms. The van der Waals surface area contributed by atoms with Crippen LogP contribution < -0.4 is 9.47 Å². The zero-order valence-electron chi connectivity index (χ0n) is 24.9. The Bertz CT molecular complexity index is 1510. The molecule has 3 aromatic carbocycles. The number of hydrogen-bond acceptors (Lipinski definition) is 5. The quantitative estimate of drug-likeness (QED) is 0.175. The summed E-state index contributed by atoms with van der Waals surface area (Å²) in [7, 11) is 3.08. The van der Waals surface area contributed by atoms with Crippen LogP contribution in [0.4, 0.5) is 0 Å². The number of nitrogens with zero attached hydrogens (tertiary/aromatic N) is 4. The molecule has 0 radical (unpaired) electrons. The Morgan fingerprint density at radius 1 is 0.952 bits per heavy atom. The van der Waals surface area contributed by atoms with E-state index < -0.39 is 0 Å². The number of amides is 1. The average molecular weight is 589 g/mol. The first-order valence-corrected chi connectivity index (χ1v) is 15.3. The van der Waals surface area contributed by atoms with Crippen LogP contribution in [0.25, 0.3) is 11.0 Å². The smallest absolute Gasteiger partial charge is 0.254 e. The molecule has 1 fully saturated rings. The van der Waals surface area contributed by atoms with Gasteiger partial charge in [-0.2, -0.15) is 0 Å². The van der Waals surface area contributed by atoms with E-state index in [9.17, 15) is 4.79 Å². The van der Waals surface area contributed by atoms with E-state index in [0.29, 0.717) is 41.7 Å². The molecule has 0 bridgehead atoms. The van der Waals surface area contributed by atoms with Crippen LogP contribution in [0.15, 0.2) is 60.7 Å². The van der Waals surface area contributed by atoms with Crippen molar-refractivity contribution in [3.05, 3.63) is 88.2 Å². The summed E-state index contributed by atoms with van der Waals surface area (Å²) in [6.07, 6.45) is 5.71. The molecule has 1 aliphatic heterocycles. The first-order chi connectivity index (χ1) is 20.5. The fraction of sp³-hybridized carbons (Fsp3) is 0.412. The molecule has 2 heterocycles. The van der Waals surface area contributed by atoms with Crippen molar-refractivity contribution >= 4 is 28.5 Å². The lowest BCUT2D eigenvalue weighted by molar-refractivity contribution is 0.0734. The number of carbonyl (C=O) groups excluding carboxylic acids is 1. The minimum atomic E-state index is -0.115. The molecule has 1 saturated heterocycles. The van der Waals surface area contributed by atoms with Crippen molar-refractivity contribution in [3.8, 4) is 11.5 Å². The number of methoxy groups -OCH3 is 2. The number of para-hydroxylation sites is 2. The molecule has 0 unspecified atom stereocenters. The molecular weight excluding hydrogens is 548 g/mol. The summed E-state index contributed by atoms with van der Waals surface area (Å²) in [4.78, 5) is 23.4. The molecule has 1 aliphatic rings. The van der Waals surface area contributed by atoms with E-state index in [-0.39, 0.29) is 5.91 Å². The van der Waals surface area contributed by atoms with Gasteiger partial charge in [0.2, 0.25) is 0 Å². The minimum absolute atomic E-state index is 0.115. The van der Waals surface area contributed by atoms with Gasteiger partial charge >= 0.3 is 0 Å². The van der Waals surface area contributed by atoms with Crippen molar-refractivity contribution in [1.82, 2.24) is 19.4 Å². The lowest BCUT2D eigenvalue weighted by atomic mass is 10.0. The number of hydrogen-bond donors (Lipinski definition) is 0. The molecule has 4 aromatic rings. The van der Waals surface area contributed by atoms with Crippen LogP contribution >= 0.6 is 11.6 Å². The number of halogens is 1. The van der Waals surface area contributed by atoms with E-state index in [1.54, 1.807) is 19.2 Å². The Balaban J connectivity index is 1.48. The molecule has 42 heavy (non-hydrogen) atoms. The van der Waals surface area contributed by atoms with Crippen LogP contribution in [-0.2, 0) is 19.6 Å².